The number of nitrogens with zero attached hydrogens (tertiary/aromatic N) is 1. The standard InChI is InChI=1S/C13H26N2/c1-4-6-7-8-9-10-13(3,12-14)15-11-5-2/h15H,4-11H2,1-3H3. The summed E-state index contributed by atoms with van der Waals surface area (Å²) in [6, 6.07) is 2.39. The number of rotatable bonds is 9. The Morgan fingerprint density at radius 1 is 1.07 bits per heavy atom. The first kappa shape index (κ1) is 14.5. The molecule has 0 amide bonds. The number of hydrogen-bond donors (Lipinski definition) is 1. The Hall–Kier alpha value is -0.550. The van der Waals surface area contributed by atoms with E-state index in [1.54, 1.807) is 0 Å². The average Bonchev–Trinajstić information content (AvgIpc) is 2.26. The van der Waals surface area contributed by atoms with Gasteiger partial charge >= 0.3 is 0 Å². The molecule has 0 aliphatic heterocycles. The van der Waals surface area contributed by atoms with Crippen LogP contribution in [0.4, 0.5) is 0 Å². The first-order valence-corrected chi connectivity index (χ1v) is 6.34. The lowest BCUT2D eigenvalue weighted by molar-refractivity contribution is 0.398. The summed E-state index contributed by atoms with van der Waals surface area (Å²) >= 11 is 0. The number of nitriles is 1. The zero-order valence-electron chi connectivity index (χ0n) is 10.6. The van der Waals surface area contributed by atoms with Crippen LogP contribution in [0.15, 0.2) is 0 Å². The quantitative estimate of drug-likeness (QED) is 0.590. The van der Waals surface area contributed by atoms with E-state index in [1.165, 1.54) is 32.1 Å². The van der Waals surface area contributed by atoms with Crippen molar-refractivity contribution in [3.05, 3.63) is 0 Å². The van der Waals surface area contributed by atoms with Gasteiger partial charge in [-0.15, -0.1) is 0 Å². The zero-order valence-corrected chi connectivity index (χ0v) is 10.6. The molecule has 0 aromatic carbocycles. The van der Waals surface area contributed by atoms with Gasteiger partial charge in [-0.1, -0.05) is 46.0 Å². The third kappa shape index (κ3) is 7.39. The third-order valence-electron chi connectivity index (χ3n) is 2.79. The maximum Gasteiger partial charge on any atom is 0.103 e. The molecule has 0 bridgehead atoms. The molecule has 0 aromatic heterocycles. The van der Waals surface area contributed by atoms with Crippen LogP contribution in [-0.4, -0.2) is 12.1 Å². The van der Waals surface area contributed by atoms with E-state index >= 15 is 0 Å². The Labute approximate surface area is 95.1 Å². The van der Waals surface area contributed by atoms with Crippen molar-refractivity contribution in [2.45, 2.75) is 71.3 Å². The fraction of sp³-hybridized carbons (Fsp3) is 0.923. The van der Waals surface area contributed by atoms with Gasteiger partial charge in [0.1, 0.15) is 5.54 Å². The van der Waals surface area contributed by atoms with Crippen LogP contribution >= 0.6 is 0 Å². The van der Waals surface area contributed by atoms with Crippen molar-refractivity contribution in [3.8, 4) is 6.07 Å². The normalized spacial score (nSPS) is 14.5. The van der Waals surface area contributed by atoms with Crippen molar-refractivity contribution < 1.29 is 0 Å². The van der Waals surface area contributed by atoms with Crippen molar-refractivity contribution in [1.29, 1.82) is 5.26 Å². The molecule has 0 aromatic rings. The Morgan fingerprint density at radius 3 is 2.27 bits per heavy atom. The van der Waals surface area contributed by atoms with Crippen LogP contribution in [0.5, 0.6) is 0 Å². The molecule has 15 heavy (non-hydrogen) atoms. The van der Waals surface area contributed by atoms with Crippen LogP contribution in [0.2, 0.25) is 0 Å². The minimum Gasteiger partial charge on any atom is -0.300 e. The highest BCUT2D eigenvalue weighted by atomic mass is 15.0. The fourth-order valence-corrected chi connectivity index (χ4v) is 1.67. The van der Waals surface area contributed by atoms with E-state index in [1.807, 2.05) is 6.92 Å². The summed E-state index contributed by atoms with van der Waals surface area (Å²) in [5.74, 6) is 0. The summed E-state index contributed by atoms with van der Waals surface area (Å²) < 4.78 is 0. The molecule has 2 nitrogen and oxygen atoms in total. The molecule has 0 saturated heterocycles. The van der Waals surface area contributed by atoms with Gasteiger partial charge in [-0.25, -0.2) is 0 Å². The predicted octanol–water partition coefficient (Wildman–Crippen LogP) is 3.63. The number of unbranched alkanes of at least 4 members (excludes halogenated alkanes) is 4. The SMILES string of the molecule is CCCCCCCC(C)(C#N)NCCC. The van der Waals surface area contributed by atoms with Crippen LogP contribution in [0, 0.1) is 11.3 Å². The highest BCUT2D eigenvalue weighted by Gasteiger charge is 2.21. The maximum atomic E-state index is 9.10. The van der Waals surface area contributed by atoms with Crippen molar-refractivity contribution >= 4 is 0 Å². The van der Waals surface area contributed by atoms with Gasteiger partial charge in [-0.2, -0.15) is 5.26 Å². The first-order valence-electron chi connectivity index (χ1n) is 6.34. The summed E-state index contributed by atoms with van der Waals surface area (Å²) in [6.07, 6.45) is 8.42. The number of hydrogen-bond acceptors (Lipinski definition) is 2. The van der Waals surface area contributed by atoms with Gasteiger partial charge in [0.15, 0.2) is 0 Å². The molecule has 0 heterocycles. The van der Waals surface area contributed by atoms with Gasteiger partial charge in [-0.05, 0) is 26.3 Å². The topological polar surface area (TPSA) is 35.8 Å². The molecule has 0 aliphatic carbocycles. The van der Waals surface area contributed by atoms with Gasteiger partial charge in [-0.3, -0.25) is 5.32 Å². The van der Waals surface area contributed by atoms with Gasteiger partial charge < -0.3 is 0 Å². The Morgan fingerprint density at radius 2 is 1.73 bits per heavy atom. The highest BCUT2D eigenvalue weighted by molar-refractivity contribution is 5.03. The number of nitrogens with one attached hydrogen (secondary N) is 1. The molecular weight excluding hydrogens is 184 g/mol. The molecule has 0 radical (unpaired) electrons. The molecule has 1 unspecified atom stereocenters. The van der Waals surface area contributed by atoms with Crippen molar-refractivity contribution in [2.24, 2.45) is 0 Å². The summed E-state index contributed by atoms with van der Waals surface area (Å²) in [4.78, 5) is 0. The second-order valence-electron chi connectivity index (χ2n) is 4.53. The summed E-state index contributed by atoms with van der Waals surface area (Å²) in [5, 5.41) is 12.4. The molecule has 0 aliphatic rings. The molecule has 88 valence electrons. The monoisotopic (exact) mass is 210 g/mol. The molecule has 0 saturated carbocycles. The van der Waals surface area contributed by atoms with E-state index in [-0.39, 0.29) is 5.54 Å². The van der Waals surface area contributed by atoms with Gasteiger partial charge in [0.05, 0.1) is 6.07 Å². The predicted molar refractivity (Wildman–Crippen MR) is 65.7 cm³/mol. The molecule has 2 heteroatoms. The Balaban J connectivity index is 3.64. The van der Waals surface area contributed by atoms with Crippen LogP contribution < -0.4 is 5.32 Å². The lowest BCUT2D eigenvalue weighted by atomic mass is 9.95. The third-order valence-corrected chi connectivity index (χ3v) is 2.79. The van der Waals surface area contributed by atoms with Crippen LogP contribution in [0.25, 0.3) is 0 Å². The highest BCUT2D eigenvalue weighted by Crippen LogP contribution is 2.15. The molecule has 0 spiro atoms. The van der Waals surface area contributed by atoms with Gasteiger partial charge in [0.2, 0.25) is 0 Å². The summed E-state index contributed by atoms with van der Waals surface area (Å²) in [6.45, 7) is 7.32. The molecule has 0 fully saturated rings. The Bertz CT molecular complexity index is 183. The largest absolute Gasteiger partial charge is 0.300 e. The molecule has 0 rings (SSSR count). The average molecular weight is 210 g/mol. The van der Waals surface area contributed by atoms with E-state index < -0.39 is 0 Å². The van der Waals surface area contributed by atoms with Gasteiger partial charge in [0.25, 0.3) is 0 Å². The molecular formula is C13H26N2. The maximum absolute atomic E-state index is 9.10. The van der Waals surface area contributed by atoms with E-state index in [9.17, 15) is 0 Å². The minimum absolute atomic E-state index is 0.303. The second kappa shape index (κ2) is 8.73. The minimum atomic E-state index is -0.303. The first-order chi connectivity index (χ1) is 7.18. The van der Waals surface area contributed by atoms with Crippen LogP contribution in [-0.2, 0) is 0 Å². The summed E-state index contributed by atoms with van der Waals surface area (Å²) in [5.41, 5.74) is -0.303. The second-order valence-corrected chi connectivity index (χ2v) is 4.53. The van der Waals surface area contributed by atoms with Crippen molar-refractivity contribution in [2.75, 3.05) is 6.54 Å². The summed E-state index contributed by atoms with van der Waals surface area (Å²) in [7, 11) is 0. The fourth-order valence-electron chi connectivity index (χ4n) is 1.67. The Kier molecular flexibility index (Phi) is 8.41. The van der Waals surface area contributed by atoms with E-state index in [4.69, 9.17) is 5.26 Å². The molecule has 1 atom stereocenters. The van der Waals surface area contributed by atoms with E-state index in [0.717, 1.165) is 19.4 Å². The van der Waals surface area contributed by atoms with E-state index in [0.29, 0.717) is 0 Å². The molecule has 1 N–H and O–H groups in total. The van der Waals surface area contributed by atoms with Crippen LogP contribution in [0.1, 0.15) is 65.7 Å². The van der Waals surface area contributed by atoms with E-state index in [2.05, 4.69) is 25.2 Å². The van der Waals surface area contributed by atoms with Gasteiger partial charge in [0, 0.05) is 0 Å². The van der Waals surface area contributed by atoms with Crippen molar-refractivity contribution in [1.82, 2.24) is 5.32 Å². The van der Waals surface area contributed by atoms with Crippen molar-refractivity contribution in [3.63, 3.8) is 0 Å². The lowest BCUT2D eigenvalue weighted by Crippen LogP contribution is -2.41. The lowest BCUT2D eigenvalue weighted by Gasteiger charge is -2.22. The van der Waals surface area contributed by atoms with Crippen LogP contribution in [0.3, 0.4) is 0 Å². The smallest absolute Gasteiger partial charge is 0.103 e. The zero-order chi connectivity index (χ0) is 11.6.